The smallest absolute Gasteiger partial charge is 0.161 e. The maximum Gasteiger partial charge on any atom is 0.161 e. The second kappa shape index (κ2) is 5.92. The van der Waals surface area contributed by atoms with Crippen molar-refractivity contribution < 1.29 is 9.47 Å². The molecule has 20 heavy (non-hydrogen) atoms. The molecule has 0 aliphatic carbocycles. The molecule has 0 saturated carbocycles. The Bertz CT molecular complexity index is 593. The van der Waals surface area contributed by atoms with Gasteiger partial charge in [0, 0.05) is 18.2 Å². The van der Waals surface area contributed by atoms with Crippen molar-refractivity contribution in [2.24, 2.45) is 5.73 Å². The molecule has 6 nitrogen and oxygen atoms in total. The van der Waals surface area contributed by atoms with Gasteiger partial charge in [0.25, 0.3) is 0 Å². The molecule has 0 amide bonds. The predicted octanol–water partition coefficient (Wildman–Crippen LogP) is 2.00. The van der Waals surface area contributed by atoms with Crippen LogP contribution in [0, 0.1) is 0 Å². The van der Waals surface area contributed by atoms with E-state index in [0.717, 1.165) is 17.0 Å². The first-order chi connectivity index (χ1) is 9.62. The third kappa shape index (κ3) is 2.46. The van der Waals surface area contributed by atoms with Gasteiger partial charge in [0.15, 0.2) is 11.5 Å². The van der Waals surface area contributed by atoms with Crippen molar-refractivity contribution in [3.8, 4) is 22.8 Å². The molecule has 0 bridgehead atoms. The molecule has 1 heterocycles. The van der Waals surface area contributed by atoms with E-state index in [9.17, 15) is 0 Å². The number of nitrogens with zero attached hydrogens (tertiary/aromatic N) is 3. The summed E-state index contributed by atoms with van der Waals surface area (Å²) in [5.41, 5.74) is 8.41. The van der Waals surface area contributed by atoms with Gasteiger partial charge in [-0.2, -0.15) is 0 Å². The number of rotatable bonds is 5. The van der Waals surface area contributed by atoms with Crippen molar-refractivity contribution in [3.05, 3.63) is 23.9 Å². The first-order valence-electron chi connectivity index (χ1n) is 6.48. The van der Waals surface area contributed by atoms with Gasteiger partial charge in [-0.15, -0.1) is 5.10 Å². The van der Waals surface area contributed by atoms with Crippen molar-refractivity contribution in [1.82, 2.24) is 15.0 Å². The molecule has 0 fully saturated rings. The summed E-state index contributed by atoms with van der Waals surface area (Å²) in [4.78, 5) is 0. The number of nitrogens with two attached hydrogens (primary N) is 1. The Hall–Kier alpha value is -2.08. The molecule has 0 atom stereocenters. The fourth-order valence-electron chi connectivity index (χ4n) is 2.11. The van der Waals surface area contributed by atoms with E-state index in [2.05, 4.69) is 24.2 Å². The minimum atomic E-state index is 0.200. The van der Waals surface area contributed by atoms with Crippen LogP contribution in [0.3, 0.4) is 0 Å². The molecular weight excluding hydrogens is 256 g/mol. The number of hydrogen-bond donors (Lipinski definition) is 1. The number of hydrogen-bond acceptors (Lipinski definition) is 5. The van der Waals surface area contributed by atoms with Crippen LogP contribution in [0.15, 0.2) is 18.2 Å². The molecule has 1 aromatic carbocycles. The van der Waals surface area contributed by atoms with Crippen LogP contribution in [0.4, 0.5) is 0 Å². The van der Waals surface area contributed by atoms with Gasteiger partial charge in [-0.25, -0.2) is 4.68 Å². The van der Waals surface area contributed by atoms with Gasteiger partial charge in [-0.1, -0.05) is 5.21 Å². The Morgan fingerprint density at radius 1 is 1.20 bits per heavy atom. The van der Waals surface area contributed by atoms with Crippen LogP contribution in [0.1, 0.15) is 25.6 Å². The average Bonchev–Trinajstić information content (AvgIpc) is 2.90. The van der Waals surface area contributed by atoms with E-state index in [1.165, 1.54) is 0 Å². The summed E-state index contributed by atoms with van der Waals surface area (Å²) < 4.78 is 12.5. The number of methoxy groups -OCH3 is 2. The molecule has 2 N–H and O–H groups in total. The largest absolute Gasteiger partial charge is 0.493 e. The van der Waals surface area contributed by atoms with Crippen LogP contribution in [-0.4, -0.2) is 29.2 Å². The molecule has 0 radical (unpaired) electrons. The molecular formula is C14H20N4O2. The van der Waals surface area contributed by atoms with E-state index in [-0.39, 0.29) is 6.04 Å². The van der Waals surface area contributed by atoms with Crippen LogP contribution < -0.4 is 15.2 Å². The third-order valence-electron chi connectivity index (χ3n) is 3.10. The Kier molecular flexibility index (Phi) is 4.24. The van der Waals surface area contributed by atoms with Gasteiger partial charge in [0.1, 0.15) is 5.69 Å². The van der Waals surface area contributed by atoms with E-state index in [4.69, 9.17) is 15.2 Å². The molecule has 1 aromatic heterocycles. The zero-order valence-electron chi connectivity index (χ0n) is 12.3. The van der Waals surface area contributed by atoms with Gasteiger partial charge < -0.3 is 15.2 Å². The fraction of sp³-hybridized carbons (Fsp3) is 0.429. The van der Waals surface area contributed by atoms with Gasteiger partial charge in [0.05, 0.1) is 19.9 Å². The van der Waals surface area contributed by atoms with Crippen molar-refractivity contribution in [1.29, 1.82) is 0 Å². The highest BCUT2D eigenvalue weighted by molar-refractivity contribution is 5.66. The highest BCUT2D eigenvalue weighted by Gasteiger charge is 2.17. The topological polar surface area (TPSA) is 75.2 Å². The van der Waals surface area contributed by atoms with E-state index >= 15 is 0 Å². The molecule has 2 rings (SSSR count). The lowest BCUT2D eigenvalue weighted by atomic mass is 10.1. The SMILES string of the molecule is COc1ccc(-c2c(CN)nnn2C(C)C)cc1OC. The maximum absolute atomic E-state index is 5.76. The van der Waals surface area contributed by atoms with Crippen molar-refractivity contribution >= 4 is 0 Å². The first kappa shape index (κ1) is 14.3. The minimum absolute atomic E-state index is 0.200. The predicted molar refractivity (Wildman–Crippen MR) is 76.8 cm³/mol. The van der Waals surface area contributed by atoms with Gasteiger partial charge in [-0.05, 0) is 32.0 Å². The number of benzene rings is 1. The quantitative estimate of drug-likeness (QED) is 0.904. The van der Waals surface area contributed by atoms with Crippen molar-refractivity contribution in [2.45, 2.75) is 26.4 Å². The second-order valence-corrected chi connectivity index (χ2v) is 4.70. The summed E-state index contributed by atoms with van der Waals surface area (Å²) in [5.74, 6) is 1.36. The molecule has 0 unspecified atom stereocenters. The molecule has 6 heteroatoms. The lowest BCUT2D eigenvalue weighted by Gasteiger charge is -2.13. The molecule has 0 aliphatic heterocycles. The molecule has 0 spiro atoms. The van der Waals surface area contributed by atoms with Crippen LogP contribution in [-0.2, 0) is 6.54 Å². The summed E-state index contributed by atoms with van der Waals surface area (Å²) in [6, 6.07) is 5.94. The lowest BCUT2D eigenvalue weighted by Crippen LogP contribution is -2.06. The van der Waals surface area contributed by atoms with E-state index in [1.807, 2.05) is 22.9 Å². The number of ether oxygens (including phenoxy) is 2. The summed E-state index contributed by atoms with van der Waals surface area (Å²) >= 11 is 0. The molecule has 2 aromatic rings. The minimum Gasteiger partial charge on any atom is -0.493 e. The molecule has 0 aliphatic rings. The first-order valence-corrected chi connectivity index (χ1v) is 6.48. The highest BCUT2D eigenvalue weighted by Crippen LogP contribution is 2.33. The molecule has 108 valence electrons. The zero-order chi connectivity index (χ0) is 14.7. The van der Waals surface area contributed by atoms with Crippen LogP contribution >= 0.6 is 0 Å². The van der Waals surface area contributed by atoms with E-state index in [0.29, 0.717) is 18.0 Å². The lowest BCUT2D eigenvalue weighted by molar-refractivity contribution is 0.355. The van der Waals surface area contributed by atoms with Crippen molar-refractivity contribution in [3.63, 3.8) is 0 Å². The van der Waals surface area contributed by atoms with Gasteiger partial charge in [0.2, 0.25) is 0 Å². The average molecular weight is 276 g/mol. The second-order valence-electron chi connectivity index (χ2n) is 4.70. The Morgan fingerprint density at radius 2 is 1.90 bits per heavy atom. The third-order valence-corrected chi connectivity index (χ3v) is 3.10. The Balaban J connectivity index is 2.58. The summed E-state index contributed by atoms with van der Waals surface area (Å²) in [5, 5.41) is 8.32. The highest BCUT2D eigenvalue weighted by atomic mass is 16.5. The van der Waals surface area contributed by atoms with Crippen LogP contribution in [0.2, 0.25) is 0 Å². The zero-order valence-corrected chi connectivity index (χ0v) is 12.3. The fourth-order valence-corrected chi connectivity index (χ4v) is 2.11. The summed E-state index contributed by atoms with van der Waals surface area (Å²) in [7, 11) is 3.23. The van der Waals surface area contributed by atoms with Gasteiger partial charge >= 0.3 is 0 Å². The Morgan fingerprint density at radius 3 is 2.45 bits per heavy atom. The van der Waals surface area contributed by atoms with E-state index in [1.54, 1.807) is 14.2 Å². The summed E-state index contributed by atoms with van der Waals surface area (Å²) in [6.07, 6.45) is 0. The van der Waals surface area contributed by atoms with Crippen molar-refractivity contribution in [2.75, 3.05) is 14.2 Å². The van der Waals surface area contributed by atoms with Crippen LogP contribution in [0.5, 0.6) is 11.5 Å². The van der Waals surface area contributed by atoms with E-state index < -0.39 is 0 Å². The monoisotopic (exact) mass is 276 g/mol. The maximum atomic E-state index is 5.76. The van der Waals surface area contributed by atoms with Crippen LogP contribution in [0.25, 0.3) is 11.3 Å². The normalized spacial score (nSPS) is 10.9. The van der Waals surface area contributed by atoms with Gasteiger partial charge in [-0.3, -0.25) is 0 Å². The number of aromatic nitrogens is 3. The standard InChI is InChI=1S/C14H20N4O2/c1-9(2)18-14(11(8-15)16-17-18)10-5-6-12(19-3)13(7-10)20-4/h5-7,9H,8,15H2,1-4H3. The Labute approximate surface area is 118 Å². The summed E-state index contributed by atoms with van der Waals surface area (Å²) in [6.45, 7) is 4.45. The molecule has 0 saturated heterocycles.